The monoisotopic (exact) mass is 583 g/mol. The molecule has 0 unspecified atom stereocenters. The summed E-state index contributed by atoms with van der Waals surface area (Å²) in [6.07, 6.45) is 10.2. The fourth-order valence-electron chi connectivity index (χ4n) is 8.70. The molecule has 3 saturated carbocycles. The van der Waals surface area contributed by atoms with E-state index < -0.39 is 23.0 Å². The number of nitrogens with zero attached hydrogens (tertiary/aromatic N) is 2. The van der Waals surface area contributed by atoms with Gasteiger partial charge in [-0.15, -0.1) is 18.3 Å². The molecule has 0 aromatic carbocycles. The first-order valence-electron chi connectivity index (χ1n) is 15.4. The highest BCUT2D eigenvalue weighted by molar-refractivity contribution is 8.00. The molecule has 7 nitrogen and oxygen atoms in total. The quantitative estimate of drug-likeness (QED) is 0.219. The first kappa shape index (κ1) is 30.3. The van der Waals surface area contributed by atoms with E-state index in [0.717, 1.165) is 50.1 Å². The number of Topliss-reactive ketones (excluding diaryl/α,β-unsaturated/α-hetero) is 1. The van der Waals surface area contributed by atoms with Gasteiger partial charge in [-0.25, -0.2) is 0 Å². The number of amides is 1. The minimum absolute atomic E-state index is 0.0486. The second kappa shape index (κ2) is 11.5. The highest BCUT2D eigenvalue weighted by Gasteiger charge is 2.68. The Kier molecular flexibility index (Phi) is 8.47. The summed E-state index contributed by atoms with van der Waals surface area (Å²) in [5, 5.41) is 11.7. The van der Waals surface area contributed by atoms with Gasteiger partial charge in [0.2, 0.25) is 6.54 Å². The Morgan fingerprint density at radius 3 is 2.54 bits per heavy atom. The summed E-state index contributed by atoms with van der Waals surface area (Å²) < 4.78 is 8.22. The summed E-state index contributed by atoms with van der Waals surface area (Å²) in [6, 6.07) is 3.85. The maximum Gasteiger partial charge on any atom is 0.316 e. The van der Waals surface area contributed by atoms with Gasteiger partial charge in [-0.05, 0) is 55.8 Å². The van der Waals surface area contributed by atoms with Crippen molar-refractivity contribution in [2.45, 2.75) is 96.3 Å². The molecular formula is C33H47N2O5S+. The van der Waals surface area contributed by atoms with E-state index >= 15 is 0 Å². The highest BCUT2D eigenvalue weighted by Crippen LogP contribution is 2.68. The van der Waals surface area contributed by atoms with E-state index in [0.29, 0.717) is 19.4 Å². The van der Waals surface area contributed by atoms with Crippen molar-refractivity contribution in [3.63, 3.8) is 0 Å². The van der Waals surface area contributed by atoms with Crippen LogP contribution in [0.3, 0.4) is 0 Å². The van der Waals surface area contributed by atoms with Crippen molar-refractivity contribution >= 4 is 29.4 Å². The van der Waals surface area contributed by atoms with Crippen molar-refractivity contribution in [3.05, 3.63) is 37.2 Å². The number of hydrogen-bond donors (Lipinski definition) is 1. The average Bonchev–Trinajstić information content (AvgIpc) is 3.62. The number of rotatable bonds is 7. The average molecular weight is 584 g/mol. The first-order valence-corrected chi connectivity index (χ1v) is 16.4. The second-order valence-corrected chi connectivity index (χ2v) is 14.7. The van der Waals surface area contributed by atoms with Gasteiger partial charge >= 0.3 is 5.97 Å². The van der Waals surface area contributed by atoms with Crippen LogP contribution < -0.4 is 4.57 Å². The van der Waals surface area contributed by atoms with Crippen LogP contribution in [0.2, 0.25) is 0 Å². The summed E-state index contributed by atoms with van der Waals surface area (Å²) in [5.41, 5.74) is -1.43. The van der Waals surface area contributed by atoms with Crippen molar-refractivity contribution in [2.75, 3.05) is 18.8 Å². The van der Waals surface area contributed by atoms with Gasteiger partial charge in [0.1, 0.15) is 11.9 Å². The third-order valence-electron chi connectivity index (χ3n) is 11.6. The molecule has 8 atom stereocenters. The Labute approximate surface area is 249 Å². The molecule has 2 heterocycles. The molecule has 0 radical (unpaired) electrons. The van der Waals surface area contributed by atoms with E-state index in [2.05, 4.69) is 27.4 Å². The number of aromatic nitrogens is 1. The Morgan fingerprint density at radius 1 is 1.20 bits per heavy atom. The molecule has 1 amide bonds. The molecule has 1 aliphatic heterocycles. The first-order chi connectivity index (χ1) is 19.4. The van der Waals surface area contributed by atoms with Crippen LogP contribution in [0.4, 0.5) is 0 Å². The second-order valence-electron chi connectivity index (χ2n) is 13.6. The SMILES string of the molecule is C=C[C@]1(C)C[C@@H](OC(=O)CSc2cc[n+](CC(=O)N3CCCC3)cc2)[C@]2(C)[C@H](C)CC[C@]3(CCC(=O)[C@H]32)[C@@H](C)[C@@H]1O. The number of pyridine rings is 1. The van der Waals surface area contributed by atoms with E-state index in [4.69, 9.17) is 4.74 Å². The lowest BCUT2D eigenvalue weighted by Crippen LogP contribution is -2.63. The normalized spacial score (nSPS) is 38.6. The van der Waals surface area contributed by atoms with E-state index in [1.165, 1.54) is 11.8 Å². The minimum Gasteiger partial charge on any atom is -0.461 e. The van der Waals surface area contributed by atoms with Crippen molar-refractivity contribution in [2.24, 2.45) is 34.0 Å². The summed E-state index contributed by atoms with van der Waals surface area (Å²) in [6.45, 7) is 14.6. The molecule has 0 spiro atoms. The predicted octanol–water partition coefficient (Wildman–Crippen LogP) is 4.60. The van der Waals surface area contributed by atoms with Gasteiger partial charge in [0, 0.05) is 53.3 Å². The van der Waals surface area contributed by atoms with Crippen molar-refractivity contribution in [1.29, 1.82) is 0 Å². The topological polar surface area (TPSA) is 87.8 Å². The molecule has 8 heteroatoms. The highest BCUT2D eigenvalue weighted by atomic mass is 32.2. The number of likely N-dealkylation sites (tertiary alicyclic amines) is 1. The van der Waals surface area contributed by atoms with E-state index in [1.54, 1.807) is 0 Å². The van der Waals surface area contributed by atoms with Crippen LogP contribution in [-0.4, -0.2) is 58.7 Å². The smallest absolute Gasteiger partial charge is 0.316 e. The predicted molar refractivity (Wildman–Crippen MR) is 158 cm³/mol. The van der Waals surface area contributed by atoms with Crippen LogP contribution in [0.15, 0.2) is 42.1 Å². The number of thioether (sulfide) groups is 1. The van der Waals surface area contributed by atoms with E-state index in [1.807, 2.05) is 47.0 Å². The lowest BCUT2D eigenvalue weighted by Gasteiger charge is -2.61. The Hall–Kier alpha value is -2.19. The Morgan fingerprint density at radius 2 is 1.88 bits per heavy atom. The fraction of sp³-hybridized carbons (Fsp3) is 0.697. The third-order valence-corrected chi connectivity index (χ3v) is 12.6. The van der Waals surface area contributed by atoms with Gasteiger partial charge in [0.15, 0.2) is 12.4 Å². The summed E-state index contributed by atoms with van der Waals surface area (Å²) >= 11 is 1.41. The molecular weight excluding hydrogens is 536 g/mol. The molecule has 3 aliphatic carbocycles. The van der Waals surface area contributed by atoms with Crippen molar-refractivity contribution < 1.29 is 28.8 Å². The van der Waals surface area contributed by atoms with Gasteiger partial charge in [-0.3, -0.25) is 14.4 Å². The van der Waals surface area contributed by atoms with Crippen LogP contribution in [0.1, 0.15) is 72.6 Å². The molecule has 224 valence electrons. The summed E-state index contributed by atoms with van der Waals surface area (Å²) in [4.78, 5) is 42.3. The van der Waals surface area contributed by atoms with Crippen molar-refractivity contribution in [1.82, 2.24) is 4.90 Å². The maximum absolute atomic E-state index is 13.6. The van der Waals surface area contributed by atoms with Gasteiger partial charge < -0.3 is 14.7 Å². The Balaban J connectivity index is 1.31. The zero-order valence-electron chi connectivity index (χ0n) is 25.1. The fourth-order valence-corrected chi connectivity index (χ4v) is 9.37. The molecule has 1 N–H and O–H groups in total. The van der Waals surface area contributed by atoms with Crippen molar-refractivity contribution in [3.8, 4) is 0 Å². The lowest BCUT2D eigenvalue weighted by molar-refractivity contribution is -0.685. The molecule has 4 aliphatic rings. The summed E-state index contributed by atoms with van der Waals surface area (Å²) in [5.74, 6) is 0.158. The third kappa shape index (κ3) is 5.28. The molecule has 1 aromatic heterocycles. The van der Waals surface area contributed by atoms with Crippen LogP contribution in [-0.2, 0) is 25.7 Å². The van der Waals surface area contributed by atoms with Gasteiger partial charge in [0.05, 0.1) is 11.9 Å². The molecule has 1 saturated heterocycles. The number of esters is 1. The molecule has 41 heavy (non-hydrogen) atoms. The summed E-state index contributed by atoms with van der Waals surface area (Å²) in [7, 11) is 0. The number of aliphatic hydroxyl groups is 1. The number of hydrogen-bond acceptors (Lipinski definition) is 6. The zero-order chi connectivity index (χ0) is 29.6. The number of carbonyl (C=O) groups is 3. The molecule has 5 rings (SSSR count). The number of carbonyl (C=O) groups excluding carboxylic acids is 3. The largest absolute Gasteiger partial charge is 0.461 e. The van der Waals surface area contributed by atoms with E-state index in [9.17, 15) is 19.5 Å². The van der Waals surface area contributed by atoms with Gasteiger partial charge in [-0.1, -0.05) is 33.8 Å². The minimum atomic E-state index is -0.671. The van der Waals surface area contributed by atoms with Crippen LogP contribution in [0.5, 0.6) is 0 Å². The zero-order valence-corrected chi connectivity index (χ0v) is 26.0. The van der Waals surface area contributed by atoms with Crippen LogP contribution in [0, 0.1) is 34.0 Å². The molecule has 2 bridgehead atoms. The van der Waals surface area contributed by atoms with E-state index in [-0.39, 0.29) is 46.6 Å². The maximum atomic E-state index is 13.6. The number of ether oxygens (including phenoxy) is 1. The lowest BCUT2D eigenvalue weighted by atomic mass is 9.44. The number of ketones is 1. The number of aliphatic hydroxyl groups excluding tert-OH is 1. The van der Waals surface area contributed by atoms with Gasteiger partial charge in [-0.2, -0.15) is 4.57 Å². The Bertz CT molecular complexity index is 1180. The van der Waals surface area contributed by atoms with Gasteiger partial charge in [0.25, 0.3) is 5.91 Å². The molecule has 4 fully saturated rings. The standard InChI is InChI=1S/C33H47N2O5S/c1-6-31(4)19-26(32(5)22(2)9-13-33(23(3)30(31)39)14-10-25(36)29(32)33)40-28(38)21-41-24-11-17-34(18-12-24)20-27(37)35-15-7-8-16-35/h6,11-12,17-18,22-23,26,29-30,39H,1,7-10,13-16,19-21H2,2-5H3/q+1/t22-,23+,26-,29+,30+,31-,32+,33+/m1/s1. The van der Waals surface area contributed by atoms with Crippen LogP contribution >= 0.6 is 11.8 Å². The molecule has 1 aromatic rings. The van der Waals surface area contributed by atoms with Crippen LogP contribution in [0.25, 0.3) is 0 Å².